The van der Waals surface area contributed by atoms with Gasteiger partial charge in [0, 0.05) is 25.7 Å². The lowest BCUT2D eigenvalue weighted by molar-refractivity contribution is -0.138. The van der Waals surface area contributed by atoms with E-state index in [1.165, 1.54) is 0 Å². The van der Waals surface area contributed by atoms with Gasteiger partial charge in [-0.2, -0.15) is 0 Å². The average molecular weight is 270 g/mol. The van der Waals surface area contributed by atoms with Crippen molar-refractivity contribution < 1.29 is 19.8 Å². The molecule has 19 heavy (non-hydrogen) atoms. The first-order chi connectivity index (χ1) is 8.89. The summed E-state index contributed by atoms with van der Waals surface area (Å²) in [4.78, 5) is 26.6. The Bertz CT molecular complexity index is 360. The predicted octanol–water partition coefficient (Wildman–Crippen LogP) is 0.892. The van der Waals surface area contributed by atoms with Crippen LogP contribution in [0.25, 0.3) is 0 Å². The van der Waals surface area contributed by atoms with Gasteiger partial charge in [-0.25, -0.2) is 4.79 Å². The number of rotatable bonds is 2. The maximum Gasteiger partial charge on any atom is 0.320 e. The molecule has 0 spiro atoms. The maximum atomic E-state index is 12.4. The van der Waals surface area contributed by atoms with Gasteiger partial charge in [0.2, 0.25) is 0 Å². The number of nitrogens with zero attached hydrogens (tertiary/aromatic N) is 2. The fourth-order valence-electron chi connectivity index (χ4n) is 2.86. The standard InChI is InChI=1S/C13H22N2O4/c1-13(19)4-7-14(8-5-13)12(18)15-6-2-3-10(15)9-11(16)17/h10,19H,2-9H2,1H3,(H,16,17). The van der Waals surface area contributed by atoms with Crippen LogP contribution in [0.15, 0.2) is 0 Å². The summed E-state index contributed by atoms with van der Waals surface area (Å²) < 4.78 is 0. The predicted molar refractivity (Wildman–Crippen MR) is 68.8 cm³/mol. The highest BCUT2D eigenvalue weighted by Gasteiger charge is 2.36. The summed E-state index contributed by atoms with van der Waals surface area (Å²) >= 11 is 0. The van der Waals surface area contributed by atoms with Gasteiger partial charge in [0.25, 0.3) is 0 Å². The van der Waals surface area contributed by atoms with Crippen LogP contribution in [-0.4, -0.2) is 63.3 Å². The van der Waals surface area contributed by atoms with Gasteiger partial charge in [-0.1, -0.05) is 0 Å². The van der Waals surface area contributed by atoms with E-state index in [0.29, 0.717) is 32.5 Å². The Balaban J connectivity index is 1.94. The molecule has 2 fully saturated rings. The van der Waals surface area contributed by atoms with Gasteiger partial charge in [0.1, 0.15) is 0 Å². The SMILES string of the molecule is CC1(O)CCN(C(=O)N2CCCC2CC(=O)O)CC1. The average Bonchev–Trinajstić information content (AvgIpc) is 2.75. The second kappa shape index (κ2) is 5.36. The van der Waals surface area contributed by atoms with Gasteiger partial charge < -0.3 is 20.0 Å². The van der Waals surface area contributed by atoms with Gasteiger partial charge in [-0.05, 0) is 32.6 Å². The lowest BCUT2D eigenvalue weighted by Gasteiger charge is -2.38. The van der Waals surface area contributed by atoms with E-state index in [4.69, 9.17) is 5.11 Å². The number of carboxylic acid groups (broad SMARTS) is 1. The van der Waals surface area contributed by atoms with E-state index in [9.17, 15) is 14.7 Å². The molecule has 2 saturated heterocycles. The van der Waals surface area contributed by atoms with E-state index < -0.39 is 11.6 Å². The zero-order valence-electron chi connectivity index (χ0n) is 11.3. The molecule has 0 radical (unpaired) electrons. The van der Waals surface area contributed by atoms with Crippen LogP contribution in [0, 0.1) is 0 Å². The molecule has 0 aromatic carbocycles. The molecule has 2 rings (SSSR count). The molecule has 108 valence electrons. The molecule has 2 aliphatic heterocycles. The van der Waals surface area contributed by atoms with Crippen molar-refractivity contribution in [2.24, 2.45) is 0 Å². The Morgan fingerprint density at radius 1 is 1.26 bits per heavy atom. The van der Waals surface area contributed by atoms with Gasteiger partial charge >= 0.3 is 12.0 Å². The number of hydrogen-bond acceptors (Lipinski definition) is 3. The second-order valence-corrected chi connectivity index (χ2v) is 5.85. The first-order valence-electron chi connectivity index (χ1n) is 6.89. The van der Waals surface area contributed by atoms with E-state index in [1.54, 1.807) is 16.7 Å². The third-order valence-electron chi connectivity index (χ3n) is 4.14. The Kier molecular flexibility index (Phi) is 3.99. The smallest absolute Gasteiger partial charge is 0.320 e. The van der Waals surface area contributed by atoms with Crippen molar-refractivity contribution in [3.63, 3.8) is 0 Å². The summed E-state index contributed by atoms with van der Waals surface area (Å²) in [7, 11) is 0. The molecule has 2 amide bonds. The molecule has 0 aromatic rings. The summed E-state index contributed by atoms with van der Waals surface area (Å²) in [6, 6.07) is -0.244. The second-order valence-electron chi connectivity index (χ2n) is 5.85. The van der Waals surface area contributed by atoms with Crippen LogP contribution < -0.4 is 0 Å². The number of amides is 2. The minimum Gasteiger partial charge on any atom is -0.481 e. The van der Waals surface area contributed by atoms with Gasteiger partial charge in [0.15, 0.2) is 0 Å². The zero-order valence-corrected chi connectivity index (χ0v) is 11.3. The Labute approximate surface area is 113 Å². The lowest BCUT2D eigenvalue weighted by atomic mass is 9.94. The van der Waals surface area contributed by atoms with E-state index >= 15 is 0 Å². The molecule has 0 bridgehead atoms. The molecule has 0 saturated carbocycles. The largest absolute Gasteiger partial charge is 0.481 e. The Hall–Kier alpha value is -1.30. The minimum absolute atomic E-state index is 0.0251. The van der Waals surface area contributed by atoms with Gasteiger partial charge in [0.05, 0.1) is 12.0 Å². The number of hydrogen-bond donors (Lipinski definition) is 2. The highest BCUT2D eigenvalue weighted by Crippen LogP contribution is 2.26. The number of carbonyl (C=O) groups excluding carboxylic acids is 1. The molecular weight excluding hydrogens is 248 g/mol. The summed E-state index contributed by atoms with van der Waals surface area (Å²) in [5.74, 6) is -0.855. The molecule has 1 atom stereocenters. The van der Waals surface area contributed by atoms with Crippen LogP contribution in [0.3, 0.4) is 0 Å². The molecule has 1 unspecified atom stereocenters. The van der Waals surface area contributed by atoms with Crippen molar-refractivity contribution in [1.82, 2.24) is 9.80 Å². The molecule has 2 aliphatic rings. The number of aliphatic hydroxyl groups is 1. The Morgan fingerprint density at radius 2 is 1.89 bits per heavy atom. The van der Waals surface area contributed by atoms with Crippen molar-refractivity contribution in [1.29, 1.82) is 0 Å². The molecular formula is C13H22N2O4. The van der Waals surface area contributed by atoms with Crippen molar-refractivity contribution >= 4 is 12.0 Å². The highest BCUT2D eigenvalue weighted by atomic mass is 16.4. The first kappa shape index (κ1) is 14.1. The number of aliphatic carboxylic acids is 1. The fourth-order valence-corrected chi connectivity index (χ4v) is 2.86. The van der Waals surface area contributed by atoms with Crippen LogP contribution in [0.2, 0.25) is 0 Å². The number of carboxylic acids is 1. The molecule has 6 heteroatoms. The monoisotopic (exact) mass is 270 g/mol. The summed E-state index contributed by atoms with van der Waals surface area (Å²) in [6.45, 7) is 3.52. The topological polar surface area (TPSA) is 81.1 Å². The van der Waals surface area contributed by atoms with Crippen molar-refractivity contribution in [3.8, 4) is 0 Å². The minimum atomic E-state index is -0.855. The summed E-state index contributed by atoms with van der Waals surface area (Å²) in [5, 5.41) is 18.7. The highest BCUT2D eigenvalue weighted by molar-refractivity contribution is 5.76. The van der Waals surface area contributed by atoms with Crippen LogP contribution in [-0.2, 0) is 4.79 Å². The molecule has 2 heterocycles. The van der Waals surface area contributed by atoms with Crippen LogP contribution in [0.5, 0.6) is 0 Å². The molecule has 2 N–H and O–H groups in total. The van der Waals surface area contributed by atoms with E-state index in [-0.39, 0.29) is 18.5 Å². The lowest BCUT2D eigenvalue weighted by Crippen LogP contribution is -2.51. The molecule has 0 aliphatic carbocycles. The third kappa shape index (κ3) is 3.37. The quantitative estimate of drug-likeness (QED) is 0.781. The van der Waals surface area contributed by atoms with E-state index in [2.05, 4.69) is 0 Å². The van der Waals surface area contributed by atoms with Gasteiger partial charge in [-0.15, -0.1) is 0 Å². The normalized spacial score (nSPS) is 26.5. The van der Waals surface area contributed by atoms with Crippen LogP contribution in [0.4, 0.5) is 4.79 Å². The Morgan fingerprint density at radius 3 is 2.47 bits per heavy atom. The summed E-state index contributed by atoms with van der Waals surface area (Å²) in [5.41, 5.74) is -0.678. The van der Waals surface area contributed by atoms with Crippen molar-refractivity contribution in [2.75, 3.05) is 19.6 Å². The molecule has 0 aromatic heterocycles. The summed E-state index contributed by atoms with van der Waals surface area (Å²) in [6.07, 6.45) is 2.82. The van der Waals surface area contributed by atoms with Gasteiger partial charge in [-0.3, -0.25) is 4.79 Å². The van der Waals surface area contributed by atoms with Crippen LogP contribution >= 0.6 is 0 Å². The fraction of sp³-hybridized carbons (Fsp3) is 0.846. The van der Waals surface area contributed by atoms with E-state index in [1.807, 2.05) is 0 Å². The zero-order chi connectivity index (χ0) is 14.0. The number of urea groups is 1. The van der Waals surface area contributed by atoms with E-state index in [0.717, 1.165) is 12.8 Å². The van der Waals surface area contributed by atoms with Crippen molar-refractivity contribution in [3.05, 3.63) is 0 Å². The number of piperidine rings is 1. The number of likely N-dealkylation sites (tertiary alicyclic amines) is 2. The number of carbonyl (C=O) groups is 2. The molecule has 6 nitrogen and oxygen atoms in total. The van der Waals surface area contributed by atoms with Crippen molar-refractivity contribution in [2.45, 2.75) is 50.7 Å². The van der Waals surface area contributed by atoms with Crippen LogP contribution in [0.1, 0.15) is 39.0 Å². The third-order valence-corrected chi connectivity index (χ3v) is 4.14. The first-order valence-corrected chi connectivity index (χ1v) is 6.89. The maximum absolute atomic E-state index is 12.4.